The molecule has 0 fully saturated rings. The first-order valence-corrected chi connectivity index (χ1v) is 9.42. The van der Waals surface area contributed by atoms with Gasteiger partial charge >= 0.3 is 0 Å². The van der Waals surface area contributed by atoms with Gasteiger partial charge in [0.25, 0.3) is 11.2 Å². The predicted octanol–water partition coefficient (Wildman–Crippen LogP) is 4.04. The van der Waals surface area contributed by atoms with E-state index in [9.17, 15) is 14.9 Å². The van der Waals surface area contributed by atoms with Crippen molar-refractivity contribution in [3.05, 3.63) is 116 Å². The number of hydrogen-bond donors (Lipinski definition) is 0. The zero-order valence-corrected chi connectivity index (χ0v) is 15.5. The molecule has 142 valence electrons. The summed E-state index contributed by atoms with van der Waals surface area (Å²) in [5.74, 6) is 0.554. The minimum absolute atomic E-state index is 0.0652. The van der Waals surface area contributed by atoms with Gasteiger partial charge in [-0.15, -0.1) is 0 Å². The fraction of sp³-hybridized carbons (Fsp3) is 0.130. The Bertz CT molecular complexity index is 1330. The smallest absolute Gasteiger partial charge is 0.280 e. The second-order valence-corrected chi connectivity index (χ2v) is 7.26. The zero-order chi connectivity index (χ0) is 20.0. The van der Waals surface area contributed by atoms with Crippen LogP contribution in [-0.4, -0.2) is 14.5 Å². The number of hydrogen-bond acceptors (Lipinski definition) is 4. The van der Waals surface area contributed by atoms with Gasteiger partial charge in [-0.3, -0.25) is 14.9 Å². The van der Waals surface area contributed by atoms with Crippen LogP contribution in [0.4, 0.5) is 5.69 Å². The largest absolute Gasteiger partial charge is 0.324 e. The lowest BCUT2D eigenvalue weighted by atomic mass is 9.85. The molecule has 0 saturated carbocycles. The molecule has 6 heteroatoms. The third-order valence-corrected chi connectivity index (χ3v) is 5.55. The molecule has 1 atom stereocenters. The number of benzene rings is 3. The normalized spacial score (nSPS) is 15.0. The molecule has 1 aromatic heterocycles. The summed E-state index contributed by atoms with van der Waals surface area (Å²) in [4.78, 5) is 27.9. The molecule has 2 heterocycles. The summed E-state index contributed by atoms with van der Waals surface area (Å²) in [5, 5.41) is 11.8. The van der Waals surface area contributed by atoms with Crippen molar-refractivity contribution in [3.63, 3.8) is 0 Å². The maximum absolute atomic E-state index is 12.7. The Morgan fingerprint density at radius 1 is 1.03 bits per heavy atom. The number of fused-ring (bicyclic) bond motifs is 4. The second kappa shape index (κ2) is 6.67. The van der Waals surface area contributed by atoms with Crippen LogP contribution >= 0.6 is 0 Å². The minimum Gasteiger partial charge on any atom is -0.324 e. The Kier molecular flexibility index (Phi) is 3.98. The molecule has 29 heavy (non-hydrogen) atoms. The topological polar surface area (TPSA) is 78.0 Å². The third-order valence-electron chi connectivity index (χ3n) is 5.55. The van der Waals surface area contributed by atoms with Crippen LogP contribution in [0.15, 0.2) is 77.6 Å². The van der Waals surface area contributed by atoms with Crippen LogP contribution in [-0.2, 0) is 13.0 Å². The molecule has 3 aromatic carbocycles. The van der Waals surface area contributed by atoms with E-state index >= 15 is 0 Å². The van der Waals surface area contributed by atoms with Crippen molar-refractivity contribution < 1.29 is 4.92 Å². The minimum atomic E-state index is -0.386. The maximum atomic E-state index is 12.7. The highest BCUT2D eigenvalue weighted by Gasteiger charge is 2.28. The molecular formula is C23H17N3O3. The van der Waals surface area contributed by atoms with Gasteiger partial charge in [-0.05, 0) is 35.2 Å². The molecule has 0 radical (unpaired) electrons. The number of aromatic nitrogens is 2. The zero-order valence-electron chi connectivity index (χ0n) is 15.5. The van der Waals surface area contributed by atoms with Gasteiger partial charge < -0.3 is 4.57 Å². The van der Waals surface area contributed by atoms with Crippen molar-refractivity contribution in [2.24, 2.45) is 0 Å². The summed E-state index contributed by atoms with van der Waals surface area (Å²) < 4.78 is 2.10. The molecule has 1 aliphatic rings. The van der Waals surface area contributed by atoms with Gasteiger partial charge in [-0.2, -0.15) is 4.98 Å². The van der Waals surface area contributed by atoms with E-state index < -0.39 is 0 Å². The highest BCUT2D eigenvalue weighted by molar-refractivity contribution is 5.78. The number of nitro groups is 1. The van der Waals surface area contributed by atoms with Crippen LogP contribution < -0.4 is 5.56 Å². The van der Waals surface area contributed by atoms with Crippen molar-refractivity contribution in [2.75, 3.05) is 0 Å². The lowest BCUT2D eigenvalue weighted by molar-refractivity contribution is -0.384. The number of non-ortho nitro benzene ring substituents is 1. The van der Waals surface area contributed by atoms with E-state index in [0.29, 0.717) is 24.2 Å². The van der Waals surface area contributed by atoms with Crippen LogP contribution in [0.25, 0.3) is 10.9 Å². The summed E-state index contributed by atoms with van der Waals surface area (Å²) in [7, 11) is 0. The molecule has 0 aliphatic carbocycles. The van der Waals surface area contributed by atoms with Gasteiger partial charge in [0, 0.05) is 24.6 Å². The van der Waals surface area contributed by atoms with Crippen molar-refractivity contribution in [1.29, 1.82) is 0 Å². The van der Waals surface area contributed by atoms with E-state index in [1.165, 1.54) is 11.6 Å². The van der Waals surface area contributed by atoms with Gasteiger partial charge in [0.05, 0.1) is 15.8 Å². The monoisotopic (exact) mass is 383 g/mol. The Morgan fingerprint density at radius 2 is 1.83 bits per heavy atom. The van der Waals surface area contributed by atoms with E-state index in [1.54, 1.807) is 18.2 Å². The van der Waals surface area contributed by atoms with Gasteiger partial charge in [0.15, 0.2) is 0 Å². The lowest BCUT2D eigenvalue weighted by Crippen LogP contribution is -2.28. The quantitative estimate of drug-likeness (QED) is 0.395. The lowest BCUT2D eigenvalue weighted by Gasteiger charge is -2.30. The predicted molar refractivity (Wildman–Crippen MR) is 110 cm³/mol. The molecule has 5 rings (SSSR count). The highest BCUT2D eigenvalue weighted by atomic mass is 16.6. The summed E-state index contributed by atoms with van der Waals surface area (Å²) >= 11 is 0. The van der Waals surface area contributed by atoms with Crippen LogP contribution in [0.1, 0.15) is 28.4 Å². The molecule has 0 spiro atoms. The van der Waals surface area contributed by atoms with Crippen molar-refractivity contribution in [1.82, 2.24) is 9.55 Å². The van der Waals surface area contributed by atoms with Crippen LogP contribution in [0, 0.1) is 10.1 Å². The molecule has 0 saturated heterocycles. The first-order valence-electron chi connectivity index (χ1n) is 9.42. The first kappa shape index (κ1) is 17.3. The molecule has 4 aromatic rings. The van der Waals surface area contributed by atoms with Crippen molar-refractivity contribution in [2.45, 2.75) is 18.9 Å². The summed E-state index contributed by atoms with van der Waals surface area (Å²) in [6, 6.07) is 22.3. The Hall–Kier alpha value is -3.80. The SMILES string of the molecule is O=c1nc2n(c3ccccc13)Cc1ccccc1C2Cc1cccc([N+](=O)[O-])c1. The van der Waals surface area contributed by atoms with Crippen molar-refractivity contribution >= 4 is 16.6 Å². The number of nitrogens with zero attached hydrogens (tertiary/aromatic N) is 3. The average molecular weight is 383 g/mol. The number of rotatable bonds is 3. The van der Waals surface area contributed by atoms with Crippen molar-refractivity contribution in [3.8, 4) is 0 Å². The second-order valence-electron chi connectivity index (χ2n) is 7.26. The van der Waals surface area contributed by atoms with Crippen LogP contribution in [0.2, 0.25) is 0 Å². The van der Waals surface area contributed by atoms with E-state index in [0.717, 1.165) is 16.6 Å². The summed E-state index contributed by atoms with van der Waals surface area (Å²) in [5.41, 5.74) is 3.81. The first-order chi connectivity index (χ1) is 14.1. The highest BCUT2D eigenvalue weighted by Crippen LogP contribution is 2.35. The third kappa shape index (κ3) is 2.89. The summed E-state index contributed by atoms with van der Waals surface area (Å²) in [6.07, 6.45) is 0.531. The van der Waals surface area contributed by atoms with E-state index in [1.807, 2.05) is 36.4 Å². The molecule has 0 N–H and O–H groups in total. The Balaban J connectivity index is 1.71. The van der Waals surface area contributed by atoms with Crippen LogP contribution in [0.5, 0.6) is 0 Å². The average Bonchev–Trinajstić information content (AvgIpc) is 2.75. The van der Waals surface area contributed by atoms with Gasteiger partial charge in [0.1, 0.15) is 5.82 Å². The van der Waals surface area contributed by atoms with Gasteiger partial charge in [-0.1, -0.05) is 48.5 Å². The van der Waals surface area contributed by atoms with Gasteiger partial charge in [0.2, 0.25) is 0 Å². The molecular weight excluding hydrogens is 366 g/mol. The molecule has 1 aliphatic heterocycles. The number of nitro benzene ring substituents is 1. The molecule has 1 unspecified atom stereocenters. The van der Waals surface area contributed by atoms with E-state index in [-0.39, 0.29) is 22.1 Å². The van der Waals surface area contributed by atoms with Gasteiger partial charge in [-0.25, -0.2) is 0 Å². The Morgan fingerprint density at radius 3 is 2.69 bits per heavy atom. The Labute approximate surface area is 166 Å². The fourth-order valence-electron chi connectivity index (χ4n) is 4.23. The van der Waals surface area contributed by atoms with E-state index in [4.69, 9.17) is 0 Å². The molecule has 6 nitrogen and oxygen atoms in total. The van der Waals surface area contributed by atoms with Crippen LogP contribution in [0.3, 0.4) is 0 Å². The summed E-state index contributed by atoms with van der Waals surface area (Å²) in [6.45, 7) is 0.644. The number of para-hydroxylation sites is 1. The maximum Gasteiger partial charge on any atom is 0.280 e. The standard InChI is InChI=1S/C23H17N3O3/c27-23-19-10-3-4-11-21(19)25-14-16-7-1-2-9-18(16)20(22(25)24-23)13-15-6-5-8-17(12-15)26(28)29/h1-12,20H,13-14H2. The molecule has 0 bridgehead atoms. The fourth-order valence-corrected chi connectivity index (χ4v) is 4.23. The van der Waals surface area contributed by atoms with E-state index in [2.05, 4.69) is 21.7 Å². The molecule has 0 amide bonds.